The molecule has 1 amide bonds. The van der Waals surface area contributed by atoms with Crippen LogP contribution in [0.15, 0.2) is 76.0 Å². The zero-order chi connectivity index (χ0) is 25.3. The van der Waals surface area contributed by atoms with Gasteiger partial charge in [0.15, 0.2) is 0 Å². The van der Waals surface area contributed by atoms with Gasteiger partial charge in [0, 0.05) is 18.1 Å². The third-order valence-electron chi connectivity index (χ3n) is 5.78. The molecule has 8 heteroatoms. The number of halogens is 1. The van der Waals surface area contributed by atoms with Crippen LogP contribution >= 0.6 is 11.6 Å². The van der Waals surface area contributed by atoms with E-state index in [1.54, 1.807) is 17.0 Å². The standard InChI is InChI=1S/C27H33ClN2O4S/c1-3-4-8-18-30(35(32,33)26-15-12-24(28)13-16-26)21-27(31)29(20-25-14-11-22(2)34-25)19-17-23-9-6-5-7-10-23/h5-7,9-16H,3-4,8,17-21H2,1-2H3. The Morgan fingerprint density at radius 3 is 2.29 bits per heavy atom. The van der Waals surface area contributed by atoms with Gasteiger partial charge >= 0.3 is 0 Å². The average molecular weight is 517 g/mol. The molecule has 35 heavy (non-hydrogen) atoms. The molecule has 0 aliphatic carbocycles. The molecule has 0 aliphatic heterocycles. The quantitative estimate of drug-likeness (QED) is 0.273. The van der Waals surface area contributed by atoms with E-state index in [1.807, 2.05) is 49.4 Å². The number of hydrogen-bond acceptors (Lipinski definition) is 4. The van der Waals surface area contributed by atoms with E-state index in [9.17, 15) is 13.2 Å². The number of aryl methyl sites for hydroxylation is 1. The number of carbonyl (C=O) groups excluding carboxylic acids is 1. The summed E-state index contributed by atoms with van der Waals surface area (Å²) < 4.78 is 33.9. The van der Waals surface area contributed by atoms with Crippen molar-refractivity contribution in [3.63, 3.8) is 0 Å². The number of sulfonamides is 1. The molecule has 0 saturated heterocycles. The Labute approximate surface area is 213 Å². The van der Waals surface area contributed by atoms with Crippen LogP contribution in [0.5, 0.6) is 0 Å². The molecular formula is C27H33ClN2O4S. The van der Waals surface area contributed by atoms with Gasteiger partial charge in [-0.1, -0.05) is 61.7 Å². The Morgan fingerprint density at radius 2 is 1.66 bits per heavy atom. The number of carbonyl (C=O) groups is 1. The largest absolute Gasteiger partial charge is 0.464 e. The molecule has 1 aromatic heterocycles. The lowest BCUT2D eigenvalue weighted by molar-refractivity contribution is -0.132. The van der Waals surface area contributed by atoms with Gasteiger partial charge in [-0.15, -0.1) is 0 Å². The number of rotatable bonds is 13. The fourth-order valence-corrected chi connectivity index (χ4v) is 5.34. The molecule has 0 atom stereocenters. The highest BCUT2D eigenvalue weighted by Crippen LogP contribution is 2.20. The summed E-state index contributed by atoms with van der Waals surface area (Å²) in [5, 5.41) is 0.457. The Morgan fingerprint density at radius 1 is 0.943 bits per heavy atom. The van der Waals surface area contributed by atoms with E-state index >= 15 is 0 Å². The molecule has 0 unspecified atom stereocenters. The topological polar surface area (TPSA) is 70.8 Å². The van der Waals surface area contributed by atoms with Crippen molar-refractivity contribution in [3.8, 4) is 0 Å². The number of benzene rings is 2. The Kier molecular flexibility index (Phi) is 9.95. The summed E-state index contributed by atoms with van der Waals surface area (Å²) in [4.78, 5) is 15.3. The molecule has 0 radical (unpaired) electrons. The van der Waals surface area contributed by atoms with Crippen molar-refractivity contribution in [1.29, 1.82) is 0 Å². The van der Waals surface area contributed by atoms with Crippen molar-refractivity contribution in [2.75, 3.05) is 19.6 Å². The van der Waals surface area contributed by atoms with Crippen LogP contribution in [0.25, 0.3) is 0 Å². The summed E-state index contributed by atoms with van der Waals surface area (Å²) in [7, 11) is -3.86. The fraction of sp³-hybridized carbons (Fsp3) is 0.370. The van der Waals surface area contributed by atoms with Gasteiger partial charge < -0.3 is 9.32 Å². The van der Waals surface area contributed by atoms with Crippen molar-refractivity contribution >= 4 is 27.5 Å². The maximum atomic E-state index is 13.5. The minimum atomic E-state index is -3.86. The normalized spacial score (nSPS) is 11.7. The van der Waals surface area contributed by atoms with Gasteiger partial charge in [-0.05, 0) is 61.7 Å². The van der Waals surface area contributed by atoms with Crippen molar-refractivity contribution in [2.24, 2.45) is 0 Å². The zero-order valence-electron chi connectivity index (χ0n) is 20.3. The zero-order valence-corrected chi connectivity index (χ0v) is 21.9. The van der Waals surface area contributed by atoms with Gasteiger partial charge in [-0.2, -0.15) is 4.31 Å². The molecule has 3 aromatic rings. The first-order chi connectivity index (χ1) is 16.8. The van der Waals surface area contributed by atoms with E-state index in [2.05, 4.69) is 6.92 Å². The van der Waals surface area contributed by atoms with Crippen LogP contribution in [0.3, 0.4) is 0 Å². The minimum absolute atomic E-state index is 0.128. The summed E-state index contributed by atoms with van der Waals surface area (Å²) in [6.45, 7) is 4.68. The first-order valence-electron chi connectivity index (χ1n) is 11.9. The van der Waals surface area contributed by atoms with Crippen LogP contribution in [-0.4, -0.2) is 43.2 Å². The monoisotopic (exact) mass is 516 g/mol. The Hall–Kier alpha value is -2.61. The summed E-state index contributed by atoms with van der Waals surface area (Å²) in [5.41, 5.74) is 1.11. The van der Waals surface area contributed by atoms with Crippen LogP contribution in [-0.2, 0) is 27.8 Å². The number of hydrogen-bond donors (Lipinski definition) is 0. The van der Waals surface area contributed by atoms with Gasteiger partial charge in [-0.25, -0.2) is 8.42 Å². The van der Waals surface area contributed by atoms with Crippen LogP contribution in [0.2, 0.25) is 5.02 Å². The smallest absolute Gasteiger partial charge is 0.243 e. The molecule has 188 valence electrons. The average Bonchev–Trinajstić information content (AvgIpc) is 3.26. The maximum Gasteiger partial charge on any atom is 0.243 e. The van der Waals surface area contributed by atoms with E-state index < -0.39 is 10.0 Å². The maximum absolute atomic E-state index is 13.5. The predicted octanol–water partition coefficient (Wildman–Crippen LogP) is 5.69. The van der Waals surface area contributed by atoms with Crippen LogP contribution in [0.4, 0.5) is 0 Å². The molecule has 3 rings (SSSR count). The first-order valence-corrected chi connectivity index (χ1v) is 13.7. The molecule has 6 nitrogen and oxygen atoms in total. The van der Waals surface area contributed by atoms with Crippen LogP contribution in [0.1, 0.15) is 43.3 Å². The molecule has 2 aromatic carbocycles. The van der Waals surface area contributed by atoms with Crippen molar-refractivity contribution in [1.82, 2.24) is 9.21 Å². The lowest BCUT2D eigenvalue weighted by Gasteiger charge is -2.27. The lowest BCUT2D eigenvalue weighted by Crippen LogP contribution is -2.43. The van der Waals surface area contributed by atoms with Crippen LogP contribution in [0, 0.1) is 6.92 Å². The highest BCUT2D eigenvalue weighted by molar-refractivity contribution is 7.89. The number of unbranched alkanes of at least 4 members (excludes halogenated alkanes) is 2. The highest BCUT2D eigenvalue weighted by atomic mass is 35.5. The molecule has 0 fully saturated rings. The van der Waals surface area contributed by atoms with Gasteiger partial charge in [0.05, 0.1) is 18.0 Å². The van der Waals surface area contributed by atoms with E-state index in [0.717, 1.165) is 24.2 Å². The lowest BCUT2D eigenvalue weighted by atomic mass is 10.1. The van der Waals surface area contributed by atoms with E-state index in [4.69, 9.17) is 16.0 Å². The second-order valence-corrected chi connectivity index (χ2v) is 10.9. The SMILES string of the molecule is CCCCCN(CC(=O)N(CCc1ccccc1)Cc1ccc(C)o1)S(=O)(=O)c1ccc(Cl)cc1. The van der Waals surface area contributed by atoms with Crippen LogP contribution < -0.4 is 0 Å². The number of nitrogens with zero attached hydrogens (tertiary/aromatic N) is 2. The summed E-state index contributed by atoms with van der Waals surface area (Å²) >= 11 is 5.96. The minimum Gasteiger partial charge on any atom is -0.464 e. The Balaban J connectivity index is 1.81. The molecule has 0 bridgehead atoms. The van der Waals surface area contributed by atoms with E-state index in [0.29, 0.717) is 30.2 Å². The van der Waals surface area contributed by atoms with Crippen molar-refractivity contribution < 1.29 is 17.6 Å². The van der Waals surface area contributed by atoms with Gasteiger partial charge in [-0.3, -0.25) is 4.79 Å². The highest BCUT2D eigenvalue weighted by Gasteiger charge is 2.28. The molecule has 1 heterocycles. The Bertz CT molecular complexity index is 1180. The molecule has 0 aliphatic rings. The summed E-state index contributed by atoms with van der Waals surface area (Å²) in [5.74, 6) is 1.17. The van der Waals surface area contributed by atoms with Crippen molar-refractivity contribution in [3.05, 3.63) is 88.8 Å². The third-order valence-corrected chi connectivity index (χ3v) is 7.89. The van der Waals surface area contributed by atoms with E-state index in [1.165, 1.54) is 16.4 Å². The summed E-state index contributed by atoms with van der Waals surface area (Å²) in [6.07, 6.45) is 3.16. The van der Waals surface area contributed by atoms with Gasteiger partial charge in [0.2, 0.25) is 15.9 Å². The third kappa shape index (κ3) is 7.95. The fourth-order valence-electron chi connectivity index (χ4n) is 3.79. The molecule has 0 N–H and O–H groups in total. The first kappa shape index (κ1) is 27.0. The van der Waals surface area contributed by atoms with Gasteiger partial charge in [0.1, 0.15) is 11.5 Å². The van der Waals surface area contributed by atoms with Crippen molar-refractivity contribution in [2.45, 2.75) is 51.0 Å². The number of furan rings is 1. The second kappa shape index (κ2) is 12.9. The predicted molar refractivity (Wildman–Crippen MR) is 139 cm³/mol. The van der Waals surface area contributed by atoms with Gasteiger partial charge in [0.25, 0.3) is 0 Å². The number of amides is 1. The van der Waals surface area contributed by atoms with E-state index in [-0.39, 0.29) is 30.4 Å². The molecule has 0 saturated carbocycles. The molecule has 0 spiro atoms. The molecular weight excluding hydrogens is 484 g/mol. The summed E-state index contributed by atoms with van der Waals surface area (Å²) in [6, 6.07) is 19.7. The second-order valence-electron chi connectivity index (χ2n) is 8.56.